The minimum Gasteiger partial charge on any atom is -0.378 e. The first-order valence-electron chi connectivity index (χ1n) is 23.2. The number of urea groups is 2. The molecule has 5 aliphatic heterocycles. The molecule has 16 heteroatoms. The van der Waals surface area contributed by atoms with Gasteiger partial charge < -0.3 is 49.6 Å². The van der Waals surface area contributed by atoms with Crippen LogP contribution in [-0.4, -0.2) is 149 Å². The number of carbonyl (C=O) groups is 5. The van der Waals surface area contributed by atoms with Crippen LogP contribution >= 0.6 is 0 Å². The van der Waals surface area contributed by atoms with Crippen molar-refractivity contribution in [3.63, 3.8) is 0 Å². The van der Waals surface area contributed by atoms with E-state index in [0.29, 0.717) is 96.6 Å². The molecule has 342 valence electrons. The van der Waals surface area contributed by atoms with Crippen LogP contribution in [0, 0.1) is 0 Å². The van der Waals surface area contributed by atoms with Gasteiger partial charge in [0.05, 0.1) is 44.4 Å². The molecule has 4 aromatic rings. The monoisotopic (exact) mass is 885 g/mol. The number of morpholine rings is 2. The number of hydrogen-bond donors (Lipinski definition) is 3. The predicted octanol–water partition coefficient (Wildman–Crippen LogP) is 5.00. The highest BCUT2D eigenvalue weighted by molar-refractivity contribution is 5.93. The van der Waals surface area contributed by atoms with Gasteiger partial charge >= 0.3 is 12.1 Å². The standard InChI is InChI=1S/C49H59N9O7/c59-45(41-14-8-22-58(41)47(61)43(38-11-5-2-6-12-38)53-49(63)56-27-31-65-32-28-56)54-23-19-35(20-24-54)34-15-17-36(18-16-34)39-33-50-44(51-39)40-13-7-21-57(40)46(60)42(37-9-3-1-4-10-37)52-48(62)55-25-29-64-30-26-55/h1-6,9-12,15-18,33,35,40-43H,7-8,13-14,19-32H2,(H,50,51)(H,52,62)(H,53,63). The van der Waals surface area contributed by atoms with Crippen LogP contribution in [0.1, 0.15) is 85.1 Å². The Morgan fingerprint density at radius 1 is 0.585 bits per heavy atom. The van der Waals surface area contributed by atoms with Gasteiger partial charge in [-0.3, -0.25) is 14.4 Å². The summed E-state index contributed by atoms with van der Waals surface area (Å²) in [7, 11) is 0. The van der Waals surface area contributed by atoms with Crippen molar-refractivity contribution in [2.45, 2.75) is 68.6 Å². The Kier molecular flexibility index (Phi) is 13.7. The molecular weight excluding hydrogens is 827 g/mol. The number of carbonyl (C=O) groups excluding carboxylic acids is 5. The largest absolute Gasteiger partial charge is 0.378 e. The zero-order valence-corrected chi connectivity index (χ0v) is 36.8. The van der Waals surface area contributed by atoms with E-state index >= 15 is 0 Å². The first kappa shape index (κ1) is 44.0. The molecule has 7 amide bonds. The summed E-state index contributed by atoms with van der Waals surface area (Å²) in [5.74, 6) is 0.551. The lowest BCUT2D eigenvalue weighted by Crippen LogP contribution is -2.54. The second-order valence-electron chi connectivity index (χ2n) is 17.6. The number of aromatic nitrogens is 2. The maximum Gasteiger partial charge on any atom is 0.318 e. The van der Waals surface area contributed by atoms with Gasteiger partial charge in [0, 0.05) is 52.4 Å². The van der Waals surface area contributed by atoms with E-state index < -0.39 is 18.1 Å². The Balaban J connectivity index is 0.809. The normalized spacial score (nSPS) is 21.5. The number of imidazole rings is 1. The molecule has 6 heterocycles. The van der Waals surface area contributed by atoms with Crippen molar-refractivity contribution in [3.05, 3.63) is 114 Å². The Bertz CT molecular complexity index is 2270. The fourth-order valence-corrected chi connectivity index (χ4v) is 9.99. The van der Waals surface area contributed by atoms with E-state index in [4.69, 9.17) is 14.5 Å². The Labute approximate surface area is 379 Å². The predicted molar refractivity (Wildman–Crippen MR) is 241 cm³/mol. The third-order valence-corrected chi connectivity index (χ3v) is 13.7. The molecule has 9 rings (SSSR count). The van der Waals surface area contributed by atoms with Crippen LogP contribution in [0.2, 0.25) is 0 Å². The molecule has 3 N–H and O–H groups in total. The number of rotatable bonds is 10. The fourth-order valence-electron chi connectivity index (χ4n) is 9.99. The summed E-state index contributed by atoms with van der Waals surface area (Å²) >= 11 is 0. The quantitative estimate of drug-likeness (QED) is 0.200. The molecule has 0 aliphatic carbocycles. The molecule has 0 spiro atoms. The summed E-state index contributed by atoms with van der Waals surface area (Å²) in [5.41, 5.74) is 4.47. The summed E-state index contributed by atoms with van der Waals surface area (Å²) in [6.07, 6.45) is 6.34. The molecule has 1 aromatic heterocycles. The van der Waals surface area contributed by atoms with Crippen molar-refractivity contribution in [2.24, 2.45) is 0 Å². The lowest BCUT2D eigenvalue weighted by atomic mass is 9.88. The molecule has 5 aliphatic rings. The van der Waals surface area contributed by atoms with Gasteiger partial charge in [-0.15, -0.1) is 0 Å². The maximum absolute atomic E-state index is 14.3. The zero-order chi connectivity index (χ0) is 44.7. The van der Waals surface area contributed by atoms with Crippen molar-refractivity contribution in [2.75, 3.05) is 78.8 Å². The van der Waals surface area contributed by atoms with Gasteiger partial charge in [0.15, 0.2) is 0 Å². The van der Waals surface area contributed by atoms with E-state index in [9.17, 15) is 24.0 Å². The number of ether oxygens (including phenoxy) is 2. The van der Waals surface area contributed by atoms with E-state index in [1.165, 1.54) is 5.56 Å². The minimum absolute atomic E-state index is 0.0260. The lowest BCUT2D eigenvalue weighted by Gasteiger charge is -2.37. The Hall–Kier alpha value is -6.26. The zero-order valence-electron chi connectivity index (χ0n) is 36.8. The van der Waals surface area contributed by atoms with Gasteiger partial charge in [0.1, 0.15) is 23.9 Å². The molecule has 0 bridgehead atoms. The smallest absolute Gasteiger partial charge is 0.318 e. The van der Waals surface area contributed by atoms with Crippen molar-refractivity contribution < 1.29 is 33.4 Å². The van der Waals surface area contributed by atoms with Crippen LogP contribution < -0.4 is 10.6 Å². The molecule has 65 heavy (non-hydrogen) atoms. The average molecular weight is 886 g/mol. The molecule has 4 atom stereocenters. The number of nitrogens with zero attached hydrogens (tertiary/aromatic N) is 6. The molecule has 4 unspecified atom stereocenters. The van der Waals surface area contributed by atoms with Gasteiger partial charge in [0.2, 0.25) is 11.8 Å². The third-order valence-electron chi connectivity index (χ3n) is 13.7. The fraction of sp³-hybridized carbons (Fsp3) is 0.469. The number of likely N-dealkylation sites (tertiary alicyclic amines) is 3. The number of hydrogen-bond acceptors (Lipinski definition) is 8. The van der Waals surface area contributed by atoms with Crippen LogP contribution in [0.4, 0.5) is 9.59 Å². The van der Waals surface area contributed by atoms with Crippen molar-refractivity contribution in [1.29, 1.82) is 0 Å². The van der Waals surface area contributed by atoms with Gasteiger partial charge in [-0.25, -0.2) is 14.6 Å². The molecule has 5 fully saturated rings. The topological polar surface area (TPSA) is 173 Å². The third kappa shape index (κ3) is 9.88. The highest BCUT2D eigenvalue weighted by atomic mass is 16.5. The minimum atomic E-state index is -0.900. The van der Waals surface area contributed by atoms with Gasteiger partial charge in [0.25, 0.3) is 5.91 Å². The highest BCUT2D eigenvalue weighted by Gasteiger charge is 2.42. The Morgan fingerprint density at radius 3 is 1.68 bits per heavy atom. The highest BCUT2D eigenvalue weighted by Crippen LogP contribution is 2.36. The van der Waals surface area contributed by atoms with Crippen molar-refractivity contribution in [3.8, 4) is 11.3 Å². The average Bonchev–Trinajstić information content (AvgIpc) is 4.18. The summed E-state index contributed by atoms with van der Waals surface area (Å²) in [6.45, 7) is 5.96. The first-order valence-corrected chi connectivity index (χ1v) is 23.2. The molecule has 0 radical (unpaired) electrons. The van der Waals surface area contributed by atoms with E-state index in [0.717, 1.165) is 48.9 Å². The summed E-state index contributed by atoms with van der Waals surface area (Å²) in [4.78, 5) is 86.3. The number of amides is 7. The summed E-state index contributed by atoms with van der Waals surface area (Å²) in [5, 5.41) is 6.00. The molecule has 16 nitrogen and oxygen atoms in total. The van der Waals surface area contributed by atoms with Crippen LogP contribution in [0.15, 0.2) is 91.1 Å². The number of benzene rings is 3. The SMILES string of the molecule is O=C(NC(C(=O)N1CCCC1C(=O)N1CCC(c2ccc(-c3cnc(C4CCCN4C(=O)C(NC(=O)N4CCOCC4)c4ccccc4)[nH]3)cc2)CC1)c1ccccc1)N1CCOCC1. The summed E-state index contributed by atoms with van der Waals surface area (Å²) in [6, 6.07) is 24.0. The van der Waals surface area contributed by atoms with E-state index in [2.05, 4.69) is 39.9 Å². The molecule has 3 aromatic carbocycles. The number of aromatic amines is 1. The summed E-state index contributed by atoms with van der Waals surface area (Å²) < 4.78 is 10.8. The lowest BCUT2D eigenvalue weighted by molar-refractivity contribution is -0.145. The molecular formula is C49H59N9O7. The number of H-pyrrole nitrogens is 1. The van der Waals surface area contributed by atoms with Crippen LogP contribution in [0.25, 0.3) is 11.3 Å². The van der Waals surface area contributed by atoms with Crippen molar-refractivity contribution >= 4 is 29.8 Å². The van der Waals surface area contributed by atoms with Crippen LogP contribution in [0.3, 0.4) is 0 Å². The molecule has 0 saturated carbocycles. The van der Waals surface area contributed by atoms with Crippen LogP contribution in [0.5, 0.6) is 0 Å². The van der Waals surface area contributed by atoms with Gasteiger partial charge in [-0.2, -0.15) is 0 Å². The van der Waals surface area contributed by atoms with Gasteiger partial charge in [-0.1, -0.05) is 84.9 Å². The van der Waals surface area contributed by atoms with E-state index in [1.807, 2.05) is 76.7 Å². The number of nitrogens with one attached hydrogen (secondary N) is 3. The van der Waals surface area contributed by atoms with Crippen LogP contribution in [-0.2, 0) is 23.9 Å². The maximum atomic E-state index is 14.3. The van der Waals surface area contributed by atoms with Crippen molar-refractivity contribution in [1.82, 2.24) is 45.1 Å². The second kappa shape index (κ2) is 20.3. The molecule has 5 saturated heterocycles. The number of piperidine rings is 1. The Morgan fingerprint density at radius 2 is 1.11 bits per heavy atom. The van der Waals surface area contributed by atoms with E-state index in [-0.39, 0.29) is 41.7 Å². The van der Waals surface area contributed by atoms with Gasteiger partial charge in [-0.05, 0) is 66.7 Å². The second-order valence-corrected chi connectivity index (χ2v) is 17.6. The van der Waals surface area contributed by atoms with E-state index in [1.54, 1.807) is 14.7 Å². The first-order chi connectivity index (χ1) is 31.8.